The average molecular weight is 275 g/mol. The maximum atomic E-state index is 13.3. The van der Waals surface area contributed by atoms with Crippen LogP contribution >= 0.6 is 0 Å². The predicted octanol–water partition coefficient (Wildman–Crippen LogP) is 3.46. The Morgan fingerprint density at radius 2 is 2.10 bits per heavy atom. The molecule has 0 fully saturated rings. The van der Waals surface area contributed by atoms with E-state index in [0.717, 1.165) is 18.1 Å². The zero-order chi connectivity index (χ0) is 14.7. The summed E-state index contributed by atoms with van der Waals surface area (Å²) < 4.78 is 18.9. The van der Waals surface area contributed by atoms with E-state index in [1.54, 1.807) is 12.1 Å². The number of nitrogen functional groups attached to an aromatic ring is 1. The maximum absolute atomic E-state index is 13.3. The Balaban J connectivity index is 2.43. The van der Waals surface area contributed by atoms with Gasteiger partial charge in [-0.2, -0.15) is 0 Å². The third kappa shape index (κ3) is 2.71. The molecule has 0 aliphatic rings. The Morgan fingerprint density at radius 3 is 2.75 bits per heavy atom. The van der Waals surface area contributed by atoms with Crippen molar-refractivity contribution < 1.29 is 19.0 Å². The molecule has 0 atom stereocenters. The first-order valence-electron chi connectivity index (χ1n) is 6.11. The molecule has 2 rings (SSSR count). The Hall–Kier alpha value is -2.56. The van der Waals surface area contributed by atoms with Crippen molar-refractivity contribution in [1.82, 2.24) is 0 Å². The third-order valence-corrected chi connectivity index (χ3v) is 2.90. The van der Waals surface area contributed by atoms with Gasteiger partial charge in [0.25, 0.3) is 0 Å². The number of nitrogens with two attached hydrogens (primary N) is 1. The molecule has 0 saturated carbocycles. The van der Waals surface area contributed by atoms with E-state index >= 15 is 0 Å². The second-order valence-electron chi connectivity index (χ2n) is 4.24. The first-order chi connectivity index (χ1) is 9.52. The molecule has 0 spiro atoms. The highest BCUT2D eigenvalue weighted by Gasteiger charge is 2.19. The fraction of sp³-hybridized carbons (Fsp3) is 0.133. The summed E-state index contributed by atoms with van der Waals surface area (Å²) in [5.74, 6) is -1.61. The van der Waals surface area contributed by atoms with Gasteiger partial charge in [-0.3, -0.25) is 0 Å². The number of rotatable bonds is 4. The zero-order valence-electron chi connectivity index (χ0n) is 10.9. The van der Waals surface area contributed by atoms with Crippen LogP contribution in [0, 0.1) is 5.82 Å². The third-order valence-electron chi connectivity index (χ3n) is 2.90. The summed E-state index contributed by atoms with van der Waals surface area (Å²) in [6.45, 7) is 2.00. The van der Waals surface area contributed by atoms with E-state index in [1.807, 2.05) is 19.1 Å². The summed E-state index contributed by atoms with van der Waals surface area (Å²) in [5.41, 5.74) is 5.71. The highest BCUT2D eigenvalue weighted by atomic mass is 19.1. The quantitative estimate of drug-likeness (QED) is 0.838. The second-order valence-corrected chi connectivity index (χ2v) is 4.24. The number of aromatic carboxylic acids is 1. The molecular formula is C15H14FNO3. The average Bonchev–Trinajstić information content (AvgIpc) is 2.43. The number of carboxylic acid groups (broad SMARTS) is 1. The van der Waals surface area contributed by atoms with Crippen LogP contribution in [0.5, 0.6) is 11.5 Å². The van der Waals surface area contributed by atoms with E-state index in [9.17, 15) is 9.18 Å². The summed E-state index contributed by atoms with van der Waals surface area (Å²) in [5, 5.41) is 9.12. The lowest BCUT2D eigenvalue weighted by Crippen LogP contribution is -2.07. The number of benzene rings is 2. The molecular weight excluding hydrogens is 261 g/mol. The number of carbonyl (C=O) groups is 1. The number of anilines is 1. The Bertz CT molecular complexity index is 656. The Labute approximate surface area is 115 Å². The van der Waals surface area contributed by atoms with Gasteiger partial charge in [-0.25, -0.2) is 9.18 Å². The van der Waals surface area contributed by atoms with E-state index in [2.05, 4.69) is 0 Å². The van der Waals surface area contributed by atoms with Gasteiger partial charge in [-0.15, -0.1) is 0 Å². The highest BCUT2D eigenvalue weighted by molar-refractivity contribution is 5.97. The lowest BCUT2D eigenvalue weighted by Gasteiger charge is -2.11. The molecule has 3 N–H and O–H groups in total. The molecule has 0 saturated heterocycles. The molecule has 2 aromatic rings. The van der Waals surface area contributed by atoms with Gasteiger partial charge in [0.15, 0.2) is 0 Å². The molecule has 0 aliphatic carbocycles. The number of carboxylic acids is 1. The summed E-state index contributed by atoms with van der Waals surface area (Å²) in [6, 6.07) is 9.58. The van der Waals surface area contributed by atoms with Gasteiger partial charge in [-0.1, -0.05) is 19.1 Å². The van der Waals surface area contributed by atoms with Gasteiger partial charge in [0, 0.05) is 0 Å². The van der Waals surface area contributed by atoms with Gasteiger partial charge in [0.05, 0.1) is 5.69 Å². The van der Waals surface area contributed by atoms with Crippen LogP contribution in [0.2, 0.25) is 0 Å². The molecule has 5 heteroatoms. The van der Waals surface area contributed by atoms with E-state index < -0.39 is 17.5 Å². The Kier molecular flexibility index (Phi) is 3.89. The smallest absolute Gasteiger partial charge is 0.341 e. The predicted molar refractivity (Wildman–Crippen MR) is 73.7 cm³/mol. The largest absolute Gasteiger partial charge is 0.477 e. The number of aryl methyl sites for hydroxylation is 1. The van der Waals surface area contributed by atoms with E-state index in [0.29, 0.717) is 5.75 Å². The SMILES string of the molecule is CCc1cccc(Oc2ccc(F)c(N)c2C(=O)O)c1. The molecule has 104 valence electrons. The van der Waals surface area contributed by atoms with Crippen LogP contribution in [0.15, 0.2) is 36.4 Å². The van der Waals surface area contributed by atoms with E-state index in [-0.39, 0.29) is 11.3 Å². The number of ether oxygens (including phenoxy) is 1. The van der Waals surface area contributed by atoms with Crippen LogP contribution < -0.4 is 10.5 Å². The van der Waals surface area contributed by atoms with E-state index in [4.69, 9.17) is 15.6 Å². The topological polar surface area (TPSA) is 72.5 Å². The molecule has 0 aromatic heterocycles. The van der Waals surface area contributed by atoms with Gasteiger partial charge in [0.1, 0.15) is 22.9 Å². The van der Waals surface area contributed by atoms with Crippen molar-refractivity contribution in [3.8, 4) is 11.5 Å². The van der Waals surface area contributed by atoms with Gasteiger partial charge in [0.2, 0.25) is 0 Å². The van der Waals surface area contributed by atoms with Crippen LogP contribution in [0.25, 0.3) is 0 Å². The minimum absolute atomic E-state index is 0.0182. The standard InChI is InChI=1S/C15H14FNO3/c1-2-9-4-3-5-10(8-9)20-12-7-6-11(16)14(17)13(12)15(18)19/h3-8H,2,17H2,1H3,(H,18,19). The summed E-state index contributed by atoms with van der Waals surface area (Å²) in [7, 11) is 0. The number of hydrogen-bond donors (Lipinski definition) is 2. The highest BCUT2D eigenvalue weighted by Crippen LogP contribution is 2.31. The first kappa shape index (κ1) is 13.9. The van der Waals surface area contributed by atoms with Crippen molar-refractivity contribution in [2.24, 2.45) is 0 Å². The lowest BCUT2D eigenvalue weighted by atomic mass is 10.1. The summed E-state index contributed by atoms with van der Waals surface area (Å²) in [4.78, 5) is 11.2. The van der Waals surface area contributed by atoms with Crippen molar-refractivity contribution in [2.45, 2.75) is 13.3 Å². The molecule has 0 bridgehead atoms. The fourth-order valence-corrected chi connectivity index (χ4v) is 1.84. The van der Waals surface area contributed by atoms with Crippen molar-refractivity contribution in [1.29, 1.82) is 0 Å². The number of hydrogen-bond acceptors (Lipinski definition) is 3. The summed E-state index contributed by atoms with van der Waals surface area (Å²) >= 11 is 0. The van der Waals surface area contributed by atoms with Crippen molar-refractivity contribution in [2.75, 3.05) is 5.73 Å². The molecule has 4 nitrogen and oxygen atoms in total. The lowest BCUT2D eigenvalue weighted by molar-refractivity contribution is 0.0695. The van der Waals surface area contributed by atoms with Crippen molar-refractivity contribution in [3.05, 3.63) is 53.3 Å². The van der Waals surface area contributed by atoms with Crippen molar-refractivity contribution >= 4 is 11.7 Å². The fourth-order valence-electron chi connectivity index (χ4n) is 1.84. The van der Waals surface area contributed by atoms with Gasteiger partial charge >= 0.3 is 5.97 Å². The second kappa shape index (κ2) is 5.61. The monoisotopic (exact) mass is 275 g/mol. The van der Waals surface area contributed by atoms with Crippen LogP contribution in [-0.4, -0.2) is 11.1 Å². The van der Waals surface area contributed by atoms with Crippen LogP contribution in [0.4, 0.5) is 10.1 Å². The summed E-state index contributed by atoms with van der Waals surface area (Å²) in [6.07, 6.45) is 0.828. The first-order valence-corrected chi connectivity index (χ1v) is 6.11. The van der Waals surface area contributed by atoms with E-state index in [1.165, 1.54) is 6.07 Å². The molecule has 0 heterocycles. The molecule has 0 amide bonds. The zero-order valence-corrected chi connectivity index (χ0v) is 10.9. The van der Waals surface area contributed by atoms with Crippen LogP contribution in [0.1, 0.15) is 22.8 Å². The van der Waals surface area contributed by atoms with Crippen molar-refractivity contribution in [3.63, 3.8) is 0 Å². The van der Waals surface area contributed by atoms with Gasteiger partial charge in [-0.05, 0) is 36.2 Å². The molecule has 2 aromatic carbocycles. The normalized spacial score (nSPS) is 10.3. The number of halogens is 1. The molecule has 0 radical (unpaired) electrons. The van der Waals surface area contributed by atoms with Gasteiger partial charge < -0.3 is 15.6 Å². The van der Waals surface area contributed by atoms with Crippen LogP contribution in [0.3, 0.4) is 0 Å². The van der Waals surface area contributed by atoms with Crippen LogP contribution in [-0.2, 0) is 6.42 Å². The Morgan fingerprint density at radius 1 is 1.35 bits per heavy atom. The molecule has 0 unspecified atom stereocenters. The molecule has 0 aliphatic heterocycles. The minimum Gasteiger partial charge on any atom is -0.477 e. The maximum Gasteiger partial charge on any atom is 0.341 e. The molecule has 20 heavy (non-hydrogen) atoms. The minimum atomic E-state index is -1.33.